The van der Waals surface area contributed by atoms with Crippen molar-refractivity contribution < 1.29 is 5.11 Å². The van der Waals surface area contributed by atoms with Crippen LogP contribution in [0.1, 0.15) is 31.4 Å². The molecule has 1 saturated heterocycles. The first kappa shape index (κ1) is 14.0. The average molecular weight is 292 g/mol. The quantitative estimate of drug-likeness (QED) is 0.899. The van der Waals surface area contributed by atoms with Gasteiger partial charge in [0.1, 0.15) is 5.75 Å². The predicted molar refractivity (Wildman–Crippen MR) is 83.3 cm³/mol. The Morgan fingerprint density at radius 3 is 3.00 bits per heavy atom. The minimum Gasteiger partial charge on any atom is -0.508 e. The van der Waals surface area contributed by atoms with Crippen LogP contribution in [0.4, 0.5) is 0 Å². The molecular formula is C17H22ClNO. The molecule has 0 amide bonds. The van der Waals surface area contributed by atoms with Gasteiger partial charge in [-0.05, 0) is 54.0 Å². The van der Waals surface area contributed by atoms with E-state index in [-0.39, 0.29) is 5.41 Å². The maximum Gasteiger partial charge on any atom is 0.115 e. The van der Waals surface area contributed by atoms with E-state index in [1.54, 1.807) is 6.07 Å². The molecular weight excluding hydrogens is 270 g/mol. The Morgan fingerprint density at radius 1 is 1.55 bits per heavy atom. The summed E-state index contributed by atoms with van der Waals surface area (Å²) in [4.78, 5) is 2.47. The summed E-state index contributed by atoms with van der Waals surface area (Å²) < 4.78 is 0. The first-order valence-electron chi connectivity index (χ1n) is 7.31. The summed E-state index contributed by atoms with van der Waals surface area (Å²) in [6.07, 6.45) is 2.14. The molecule has 0 radical (unpaired) electrons. The zero-order valence-electron chi connectivity index (χ0n) is 12.2. The molecule has 2 aliphatic rings. The molecule has 2 bridgehead atoms. The van der Waals surface area contributed by atoms with Gasteiger partial charge in [-0.25, -0.2) is 0 Å². The minimum absolute atomic E-state index is 0.154. The lowest BCUT2D eigenvalue weighted by Crippen LogP contribution is -2.58. The molecule has 3 heteroatoms. The number of aromatic hydroxyl groups is 1. The lowest BCUT2D eigenvalue weighted by atomic mass is 9.59. The maximum atomic E-state index is 9.82. The number of phenols is 1. The van der Waals surface area contributed by atoms with Crippen LogP contribution in [0.25, 0.3) is 0 Å². The fourth-order valence-corrected chi connectivity index (χ4v) is 4.27. The summed E-state index contributed by atoms with van der Waals surface area (Å²) in [7, 11) is 0. The van der Waals surface area contributed by atoms with Crippen molar-refractivity contribution in [3.05, 3.63) is 40.9 Å². The molecule has 1 N–H and O–H groups in total. The lowest BCUT2D eigenvalue weighted by molar-refractivity contribution is 0.0391. The van der Waals surface area contributed by atoms with Gasteiger partial charge in [0.25, 0.3) is 0 Å². The Hall–Kier alpha value is -0.990. The van der Waals surface area contributed by atoms with E-state index in [0.29, 0.717) is 17.7 Å². The number of hydrogen-bond donors (Lipinski definition) is 1. The monoisotopic (exact) mass is 291 g/mol. The second-order valence-electron chi connectivity index (χ2n) is 6.56. The molecule has 2 nitrogen and oxygen atoms in total. The van der Waals surface area contributed by atoms with Crippen molar-refractivity contribution in [3.8, 4) is 5.75 Å². The Labute approximate surface area is 126 Å². The minimum atomic E-state index is 0.154. The number of piperidine rings is 1. The number of fused-ring (bicyclic) bond motifs is 4. The third-order valence-corrected chi connectivity index (χ3v) is 5.60. The fourth-order valence-electron chi connectivity index (χ4n) is 4.11. The SMILES string of the molecule is C=C(Cl)CN1CCC2(C)c3cc(O)ccc3CC1C2C. The standard InChI is InChI=1S/C17H22ClNO/c1-11(18)10-19-7-6-17(3)12(2)16(19)8-13-4-5-14(20)9-15(13)17/h4-5,9,12,16,20H,1,6-8,10H2,2-3H3. The molecule has 0 spiro atoms. The van der Waals surface area contributed by atoms with E-state index in [1.165, 1.54) is 11.1 Å². The summed E-state index contributed by atoms with van der Waals surface area (Å²) in [6, 6.07) is 6.37. The van der Waals surface area contributed by atoms with Crippen molar-refractivity contribution in [3.63, 3.8) is 0 Å². The molecule has 1 fully saturated rings. The third kappa shape index (κ3) is 2.06. The largest absolute Gasteiger partial charge is 0.508 e. The van der Waals surface area contributed by atoms with Crippen molar-refractivity contribution >= 4 is 11.6 Å². The van der Waals surface area contributed by atoms with Crippen molar-refractivity contribution in [2.75, 3.05) is 13.1 Å². The van der Waals surface area contributed by atoms with Gasteiger partial charge in [0.05, 0.1) is 0 Å². The number of benzene rings is 1. The van der Waals surface area contributed by atoms with Crippen LogP contribution in [0.15, 0.2) is 29.8 Å². The predicted octanol–water partition coefficient (Wildman–Crippen LogP) is 3.67. The van der Waals surface area contributed by atoms with Gasteiger partial charge >= 0.3 is 0 Å². The summed E-state index contributed by atoms with van der Waals surface area (Å²) in [5, 5.41) is 10.5. The number of hydrogen-bond acceptors (Lipinski definition) is 2. The van der Waals surface area contributed by atoms with Crippen LogP contribution in [0.3, 0.4) is 0 Å². The van der Waals surface area contributed by atoms with Crippen LogP contribution in [-0.2, 0) is 11.8 Å². The normalized spacial score (nSPS) is 32.8. The summed E-state index contributed by atoms with van der Waals surface area (Å²) in [5.74, 6) is 0.939. The molecule has 3 atom stereocenters. The zero-order valence-corrected chi connectivity index (χ0v) is 13.0. The molecule has 3 unspecified atom stereocenters. The fraction of sp³-hybridized carbons (Fsp3) is 0.529. The van der Waals surface area contributed by atoms with Gasteiger partial charge < -0.3 is 5.11 Å². The van der Waals surface area contributed by atoms with Crippen LogP contribution in [0.2, 0.25) is 0 Å². The number of likely N-dealkylation sites (tertiary alicyclic amines) is 1. The molecule has 3 rings (SSSR count). The average Bonchev–Trinajstić information content (AvgIpc) is 2.38. The first-order chi connectivity index (χ1) is 9.41. The molecule has 1 aromatic carbocycles. The van der Waals surface area contributed by atoms with Gasteiger partial charge in [0, 0.05) is 17.6 Å². The maximum absolute atomic E-state index is 9.82. The number of rotatable bonds is 2. The topological polar surface area (TPSA) is 23.5 Å². The number of nitrogens with zero attached hydrogens (tertiary/aromatic N) is 1. The number of phenolic OH excluding ortho intramolecular Hbond substituents is 1. The van der Waals surface area contributed by atoms with Gasteiger partial charge in [-0.2, -0.15) is 0 Å². The Bertz CT molecular complexity index is 556. The summed E-state index contributed by atoms with van der Waals surface area (Å²) >= 11 is 6.02. The van der Waals surface area contributed by atoms with Gasteiger partial charge in [-0.1, -0.05) is 38.1 Å². The highest BCUT2D eigenvalue weighted by atomic mass is 35.5. The Morgan fingerprint density at radius 2 is 2.30 bits per heavy atom. The summed E-state index contributed by atoms with van der Waals surface area (Å²) in [5.41, 5.74) is 2.87. The van der Waals surface area contributed by atoms with Crippen LogP contribution in [0, 0.1) is 5.92 Å². The highest BCUT2D eigenvalue weighted by Gasteiger charge is 2.48. The molecule has 1 aliphatic carbocycles. The van der Waals surface area contributed by atoms with E-state index >= 15 is 0 Å². The van der Waals surface area contributed by atoms with E-state index in [0.717, 1.165) is 31.0 Å². The van der Waals surface area contributed by atoms with Crippen molar-refractivity contribution in [1.82, 2.24) is 4.90 Å². The molecule has 1 aliphatic heterocycles. The highest BCUT2D eigenvalue weighted by Crippen LogP contribution is 2.49. The molecule has 1 heterocycles. The van der Waals surface area contributed by atoms with Gasteiger partial charge in [0.2, 0.25) is 0 Å². The van der Waals surface area contributed by atoms with Crippen molar-refractivity contribution in [1.29, 1.82) is 0 Å². The van der Waals surface area contributed by atoms with E-state index in [2.05, 4.69) is 31.4 Å². The first-order valence-corrected chi connectivity index (χ1v) is 7.69. The summed E-state index contributed by atoms with van der Waals surface area (Å²) in [6.45, 7) is 10.3. The highest BCUT2D eigenvalue weighted by molar-refractivity contribution is 6.29. The van der Waals surface area contributed by atoms with Crippen molar-refractivity contribution in [2.45, 2.75) is 38.1 Å². The van der Waals surface area contributed by atoms with E-state index in [9.17, 15) is 5.11 Å². The second-order valence-corrected chi connectivity index (χ2v) is 7.09. The van der Waals surface area contributed by atoms with Gasteiger partial charge in [-0.15, -0.1) is 0 Å². The molecule has 20 heavy (non-hydrogen) atoms. The van der Waals surface area contributed by atoms with E-state index in [4.69, 9.17) is 11.6 Å². The van der Waals surface area contributed by atoms with Crippen LogP contribution < -0.4 is 0 Å². The van der Waals surface area contributed by atoms with E-state index in [1.807, 2.05) is 6.07 Å². The molecule has 0 aromatic heterocycles. The van der Waals surface area contributed by atoms with Crippen molar-refractivity contribution in [2.24, 2.45) is 5.92 Å². The zero-order chi connectivity index (χ0) is 14.5. The lowest BCUT2D eigenvalue weighted by Gasteiger charge is -2.54. The molecule has 108 valence electrons. The number of halogens is 1. The van der Waals surface area contributed by atoms with E-state index < -0.39 is 0 Å². The molecule has 0 saturated carbocycles. The van der Waals surface area contributed by atoms with Gasteiger partial charge in [0.15, 0.2) is 0 Å². The smallest absolute Gasteiger partial charge is 0.115 e. The Kier molecular flexibility index (Phi) is 3.34. The molecule has 1 aromatic rings. The Balaban J connectivity index is 2.01. The van der Waals surface area contributed by atoms with Crippen LogP contribution in [-0.4, -0.2) is 29.1 Å². The van der Waals surface area contributed by atoms with Crippen LogP contribution in [0.5, 0.6) is 5.75 Å². The second kappa shape index (κ2) is 4.78. The van der Waals surface area contributed by atoms with Crippen LogP contribution >= 0.6 is 11.6 Å². The van der Waals surface area contributed by atoms with Gasteiger partial charge in [-0.3, -0.25) is 4.90 Å². The third-order valence-electron chi connectivity index (χ3n) is 5.48.